The maximum Gasteiger partial charge on any atom is 0.336 e. The minimum absolute atomic E-state index is 0.00501. The van der Waals surface area contributed by atoms with Crippen LogP contribution in [0.1, 0.15) is 25.8 Å². The fourth-order valence-corrected chi connectivity index (χ4v) is 7.05. The molecule has 0 bridgehead atoms. The minimum Gasteiger partial charge on any atom is -0.394 e. The van der Waals surface area contributed by atoms with Gasteiger partial charge in [-0.2, -0.15) is 4.98 Å². The van der Waals surface area contributed by atoms with Crippen LogP contribution in [0.5, 0.6) is 0 Å². The second kappa shape index (κ2) is 10.1. The number of nitrogens with two attached hydrogens (primary N) is 2. The molecule has 0 amide bonds. The molecule has 6 heterocycles. The monoisotopic (exact) mass is 594 g/mol. The predicted octanol–water partition coefficient (Wildman–Crippen LogP) is -2.02. The summed E-state index contributed by atoms with van der Waals surface area (Å²) in [7, 11) is -4.63. The van der Waals surface area contributed by atoms with Crippen LogP contribution in [-0.4, -0.2) is 102 Å². The first kappa shape index (κ1) is 27.6. The molecule has 2 aliphatic heterocycles. The molecule has 2 saturated heterocycles. The van der Waals surface area contributed by atoms with Crippen LogP contribution in [0.3, 0.4) is 0 Å². The van der Waals surface area contributed by atoms with Crippen molar-refractivity contribution in [1.29, 1.82) is 0 Å². The number of hydrogen-bond donors (Lipinski definition) is 7. The number of nitrogen functional groups attached to an aromatic ring is 2. The first-order valence-corrected chi connectivity index (χ1v) is 14.1. The largest absolute Gasteiger partial charge is 0.394 e. The molecule has 2 aliphatic rings. The Kier molecular flexibility index (Phi) is 6.78. The van der Waals surface area contributed by atoms with Gasteiger partial charge in [-0.1, -0.05) is 0 Å². The van der Waals surface area contributed by atoms with Crippen molar-refractivity contribution in [2.24, 2.45) is 0 Å². The Morgan fingerprint density at radius 2 is 1.80 bits per heavy atom. The van der Waals surface area contributed by atoms with Crippen LogP contribution in [0.4, 0.5) is 11.8 Å². The van der Waals surface area contributed by atoms with Gasteiger partial charge in [0.2, 0.25) is 5.95 Å². The number of anilines is 2. The van der Waals surface area contributed by atoms with Crippen molar-refractivity contribution < 1.29 is 38.8 Å². The summed E-state index contributed by atoms with van der Waals surface area (Å²) in [4.78, 5) is 45.9. The van der Waals surface area contributed by atoms with E-state index in [2.05, 4.69) is 29.9 Å². The maximum absolute atomic E-state index is 13.7. The van der Waals surface area contributed by atoms with Gasteiger partial charge in [0.15, 0.2) is 35.1 Å². The van der Waals surface area contributed by atoms with E-state index < -0.39 is 68.4 Å². The lowest BCUT2D eigenvalue weighted by Crippen LogP contribution is -2.38. The lowest BCUT2D eigenvalue weighted by molar-refractivity contribution is -0.0736. The zero-order valence-electron chi connectivity index (χ0n) is 21.3. The number of aliphatic hydroxyl groups excluding tert-OH is 3. The molecule has 2 fully saturated rings. The van der Waals surface area contributed by atoms with Gasteiger partial charge in [-0.05, 0) is 13.3 Å². The fourth-order valence-electron chi connectivity index (χ4n) is 5.26. The number of aliphatic hydroxyl groups is 3. The van der Waals surface area contributed by atoms with Gasteiger partial charge in [0, 0.05) is 0 Å². The number of aromatic amines is 1. The van der Waals surface area contributed by atoms with E-state index in [1.165, 1.54) is 35.0 Å². The van der Waals surface area contributed by atoms with Crippen molar-refractivity contribution in [3.63, 3.8) is 0 Å². The highest BCUT2D eigenvalue weighted by atomic mass is 31.2. The molecular weight excluding hydrogens is 567 g/mol. The van der Waals surface area contributed by atoms with E-state index in [4.69, 9.17) is 25.5 Å². The molecule has 19 nitrogen and oxygen atoms in total. The average molecular weight is 594 g/mol. The molecule has 9 N–H and O–H groups in total. The summed E-state index contributed by atoms with van der Waals surface area (Å²) in [5, 5.41) is 31.3. The van der Waals surface area contributed by atoms with Crippen LogP contribution in [-0.2, 0) is 18.6 Å². The number of nitrogens with zero attached hydrogens (tertiary/aromatic N) is 7. The zero-order valence-corrected chi connectivity index (χ0v) is 22.2. The van der Waals surface area contributed by atoms with Gasteiger partial charge in [-0.3, -0.25) is 23.5 Å². The van der Waals surface area contributed by atoms with Gasteiger partial charge in [0.05, 0.1) is 31.5 Å². The Bertz CT molecular complexity index is 1710. The minimum atomic E-state index is -4.63. The third-order valence-corrected chi connectivity index (χ3v) is 9.17. The molecule has 4 aromatic heterocycles. The predicted molar refractivity (Wildman–Crippen MR) is 138 cm³/mol. The van der Waals surface area contributed by atoms with Crippen molar-refractivity contribution in [2.75, 3.05) is 18.1 Å². The van der Waals surface area contributed by atoms with E-state index in [9.17, 15) is 29.6 Å². The molecule has 220 valence electrons. The van der Waals surface area contributed by atoms with Gasteiger partial charge >= 0.3 is 7.60 Å². The molecule has 2 unspecified atom stereocenters. The summed E-state index contributed by atoms with van der Waals surface area (Å²) in [6, 6.07) is 0. The van der Waals surface area contributed by atoms with Gasteiger partial charge in [-0.15, -0.1) is 0 Å². The Morgan fingerprint density at radius 3 is 2.54 bits per heavy atom. The normalized spacial score (nSPS) is 30.7. The van der Waals surface area contributed by atoms with E-state index in [1.54, 1.807) is 0 Å². The molecule has 20 heteroatoms. The SMILES string of the molecule is C[C@H](OP(=O)(O)[C@@H]1C[C@@H](CO)O[C@H]1n1cnc2c(=O)[nH]c(N)nc21)[C@@H]1OC(n2cnc3c(N)ncnc32)[C@H](O)[C@@H]1O. The Morgan fingerprint density at radius 1 is 1.10 bits per heavy atom. The smallest absolute Gasteiger partial charge is 0.336 e. The molecule has 4 aromatic rings. The molecule has 0 aromatic carbocycles. The van der Waals surface area contributed by atoms with Crippen molar-refractivity contribution in [3.05, 3.63) is 29.3 Å². The quantitative estimate of drug-likeness (QED) is 0.114. The summed E-state index contributed by atoms with van der Waals surface area (Å²) in [5.41, 5.74) is 10.1. The fraction of sp³-hybridized carbons (Fsp3) is 0.524. The second-order valence-electron chi connectivity index (χ2n) is 9.84. The highest BCUT2D eigenvalue weighted by molar-refractivity contribution is 7.53. The topological polar surface area (TPSA) is 285 Å². The number of rotatable bonds is 7. The Labute approximate surface area is 229 Å². The number of H-pyrrole nitrogens is 1. The number of fused-ring (bicyclic) bond motifs is 2. The van der Waals surface area contributed by atoms with E-state index in [-0.39, 0.29) is 40.5 Å². The average Bonchev–Trinajstić information content (AvgIpc) is 3.69. The van der Waals surface area contributed by atoms with Crippen molar-refractivity contribution in [1.82, 2.24) is 39.0 Å². The lowest BCUT2D eigenvalue weighted by Gasteiger charge is -2.29. The number of nitrogens with one attached hydrogen (secondary N) is 1. The number of hydrogen-bond acceptors (Lipinski definition) is 15. The van der Waals surface area contributed by atoms with Gasteiger partial charge < -0.3 is 45.7 Å². The summed E-state index contributed by atoms with van der Waals surface area (Å²) in [6.07, 6.45) is -5.07. The first-order chi connectivity index (χ1) is 19.5. The molecule has 9 atom stereocenters. The van der Waals surface area contributed by atoms with Crippen molar-refractivity contribution in [3.8, 4) is 0 Å². The first-order valence-electron chi connectivity index (χ1n) is 12.4. The Balaban J connectivity index is 1.26. The summed E-state index contributed by atoms with van der Waals surface area (Å²) in [5.74, 6) is -0.0891. The van der Waals surface area contributed by atoms with Gasteiger partial charge in [0.1, 0.15) is 35.8 Å². The summed E-state index contributed by atoms with van der Waals surface area (Å²) < 4.78 is 33.7. The van der Waals surface area contributed by atoms with E-state index in [1.807, 2.05) is 0 Å². The van der Waals surface area contributed by atoms with Gasteiger partial charge in [-0.25, -0.2) is 19.9 Å². The van der Waals surface area contributed by atoms with E-state index in [0.29, 0.717) is 0 Å². The van der Waals surface area contributed by atoms with Crippen LogP contribution in [0.2, 0.25) is 0 Å². The standard InChI is InChI=1S/C21H27N10O9P/c1-7(14-12(33)13(34)20(39-14)30-5-26-10-15(22)24-4-25-16(10)30)40-41(36,37)9-2-8(3-32)38-19(9)31-6-27-11-17(31)28-21(23)29-18(11)35/h4-9,12-14,19-20,32-34H,2-3H2,1H3,(H,36,37)(H2,22,24,25)(H3,23,28,29,35)/t7-,8-,9+,12-,13+,14-,19+,20?/m0/s1. The molecule has 6 rings (SSSR count). The molecule has 41 heavy (non-hydrogen) atoms. The highest BCUT2D eigenvalue weighted by Gasteiger charge is 2.52. The zero-order chi connectivity index (χ0) is 29.2. The van der Waals surface area contributed by atoms with Crippen molar-refractivity contribution >= 4 is 41.7 Å². The maximum atomic E-state index is 13.7. The van der Waals surface area contributed by atoms with E-state index in [0.717, 1.165) is 0 Å². The van der Waals surface area contributed by atoms with Crippen LogP contribution >= 0.6 is 7.60 Å². The molecule has 0 radical (unpaired) electrons. The van der Waals surface area contributed by atoms with Crippen LogP contribution in [0, 0.1) is 0 Å². The van der Waals surface area contributed by atoms with E-state index >= 15 is 0 Å². The third-order valence-electron chi connectivity index (χ3n) is 7.23. The van der Waals surface area contributed by atoms with Crippen LogP contribution in [0.15, 0.2) is 23.8 Å². The lowest BCUT2D eigenvalue weighted by atomic mass is 10.1. The molecule has 0 saturated carbocycles. The van der Waals surface area contributed by atoms with Crippen LogP contribution < -0.4 is 17.0 Å². The van der Waals surface area contributed by atoms with Crippen molar-refractivity contribution in [2.45, 2.75) is 62.0 Å². The number of ether oxygens (including phenoxy) is 2. The van der Waals surface area contributed by atoms with Crippen LogP contribution in [0.25, 0.3) is 22.3 Å². The number of aromatic nitrogens is 8. The molecule has 0 aliphatic carbocycles. The second-order valence-corrected chi connectivity index (χ2v) is 11.8. The number of imidazole rings is 2. The highest BCUT2D eigenvalue weighted by Crippen LogP contribution is 2.58. The third kappa shape index (κ3) is 4.56. The molecule has 0 spiro atoms. The Hall–Kier alpha value is -3.55. The summed E-state index contributed by atoms with van der Waals surface area (Å²) in [6.45, 7) is 0.942. The molecular formula is C21H27N10O9P. The van der Waals surface area contributed by atoms with Gasteiger partial charge in [0.25, 0.3) is 5.56 Å². The summed E-state index contributed by atoms with van der Waals surface area (Å²) >= 11 is 0.